The fraction of sp³-hybridized carbons (Fsp3) is 0.667. The van der Waals surface area contributed by atoms with Crippen molar-refractivity contribution in [3.8, 4) is 0 Å². The maximum absolute atomic E-state index is 12.9. The molecule has 0 N–H and O–H groups in total. The summed E-state index contributed by atoms with van der Waals surface area (Å²) in [6.07, 6.45) is 8.16. The van der Waals surface area contributed by atoms with Gasteiger partial charge in [0.05, 0.1) is 0 Å². The van der Waals surface area contributed by atoms with Gasteiger partial charge in [-0.2, -0.15) is 0 Å². The zero-order valence-electron chi connectivity index (χ0n) is 15.4. The van der Waals surface area contributed by atoms with Gasteiger partial charge in [-0.1, -0.05) is 0 Å². The van der Waals surface area contributed by atoms with Crippen LogP contribution in [0.4, 0.5) is 0 Å². The number of hydrogen-bond acceptors (Lipinski definition) is 2. The predicted octanol–water partition coefficient (Wildman–Crippen LogP) is 4.61. The number of esters is 1. The van der Waals surface area contributed by atoms with Crippen LogP contribution in [0.5, 0.6) is 0 Å². The van der Waals surface area contributed by atoms with Crippen molar-refractivity contribution >= 4 is 25.4 Å². The second-order valence-corrected chi connectivity index (χ2v) is 9.44. The number of ether oxygens (including phenoxy) is 1. The molecule has 2 nitrogen and oxygen atoms in total. The molecule has 1 aliphatic rings. The molecule has 1 aliphatic carbocycles. The summed E-state index contributed by atoms with van der Waals surface area (Å²) in [6, 6.07) is 10.8. The van der Waals surface area contributed by atoms with Crippen molar-refractivity contribution in [2.24, 2.45) is 17.3 Å². The molecule has 0 radical (unpaired) electrons. The van der Waals surface area contributed by atoms with Crippen LogP contribution in [0.3, 0.4) is 0 Å². The summed E-state index contributed by atoms with van der Waals surface area (Å²) in [5, 5.41) is 1.16. The first-order valence-electron chi connectivity index (χ1n) is 9.41. The van der Waals surface area contributed by atoms with Gasteiger partial charge < -0.3 is 0 Å². The van der Waals surface area contributed by atoms with E-state index in [-0.39, 0.29) is 11.4 Å². The summed E-state index contributed by atoms with van der Waals surface area (Å²) in [5.74, 6) is 0.951. The van der Waals surface area contributed by atoms with Crippen molar-refractivity contribution in [2.45, 2.75) is 64.1 Å². The monoisotopic (exact) mass is 396 g/mol. The molecule has 1 aromatic carbocycles. The fourth-order valence-electron chi connectivity index (χ4n) is 4.29. The van der Waals surface area contributed by atoms with Crippen LogP contribution in [0.25, 0.3) is 0 Å². The number of unbranched alkanes of at least 4 members (excludes halogenated alkanes) is 1. The van der Waals surface area contributed by atoms with E-state index in [0.717, 1.165) is 18.2 Å². The molecule has 0 spiro atoms. The molecular weight excluding hydrogens is 363 g/mol. The van der Waals surface area contributed by atoms with E-state index in [1.165, 1.54) is 36.6 Å². The van der Waals surface area contributed by atoms with Gasteiger partial charge in [-0.25, -0.2) is 0 Å². The summed E-state index contributed by atoms with van der Waals surface area (Å²) >= 11 is 0.438. The molecule has 0 amide bonds. The zero-order chi connectivity index (χ0) is 17.4. The first kappa shape index (κ1) is 19.5. The molecule has 24 heavy (non-hydrogen) atoms. The van der Waals surface area contributed by atoms with Crippen molar-refractivity contribution in [1.29, 1.82) is 0 Å². The minimum absolute atomic E-state index is 0.0552. The van der Waals surface area contributed by atoms with Crippen LogP contribution in [0, 0.1) is 17.3 Å². The SMILES string of the molecule is CCCCC(C)[C@@]1(C(=O)OC)CCCC[C@@H]1C[Se]c1ccccc1. The van der Waals surface area contributed by atoms with Gasteiger partial charge in [0.2, 0.25) is 0 Å². The Labute approximate surface area is 153 Å². The third-order valence-electron chi connectivity index (χ3n) is 5.75. The van der Waals surface area contributed by atoms with E-state index >= 15 is 0 Å². The molecule has 0 saturated heterocycles. The summed E-state index contributed by atoms with van der Waals surface area (Å²) in [4.78, 5) is 12.9. The molecular formula is C21H32O2Se. The predicted molar refractivity (Wildman–Crippen MR) is 102 cm³/mol. The maximum atomic E-state index is 12.9. The Kier molecular flexibility index (Phi) is 7.84. The first-order valence-corrected chi connectivity index (χ1v) is 11.5. The number of carbonyl (C=O) groups excluding carboxylic acids is 1. The van der Waals surface area contributed by atoms with Crippen molar-refractivity contribution in [1.82, 2.24) is 0 Å². The van der Waals surface area contributed by atoms with Crippen LogP contribution in [-0.2, 0) is 9.53 Å². The van der Waals surface area contributed by atoms with Gasteiger partial charge in [0, 0.05) is 0 Å². The van der Waals surface area contributed by atoms with Crippen LogP contribution >= 0.6 is 0 Å². The molecule has 0 aliphatic heterocycles. The van der Waals surface area contributed by atoms with Gasteiger partial charge in [0.1, 0.15) is 0 Å². The number of rotatable bonds is 8. The van der Waals surface area contributed by atoms with Gasteiger partial charge >= 0.3 is 154 Å². The van der Waals surface area contributed by atoms with Crippen molar-refractivity contribution in [2.75, 3.05) is 7.11 Å². The van der Waals surface area contributed by atoms with Gasteiger partial charge in [-0.3, -0.25) is 0 Å². The Balaban J connectivity index is 2.18. The third-order valence-corrected chi connectivity index (χ3v) is 8.22. The van der Waals surface area contributed by atoms with E-state index in [1.807, 2.05) is 0 Å². The summed E-state index contributed by atoms with van der Waals surface area (Å²) in [6.45, 7) is 4.52. The summed E-state index contributed by atoms with van der Waals surface area (Å²) in [7, 11) is 1.57. The van der Waals surface area contributed by atoms with Crippen LogP contribution in [-0.4, -0.2) is 28.0 Å². The summed E-state index contributed by atoms with van der Waals surface area (Å²) < 4.78 is 6.78. The topological polar surface area (TPSA) is 26.3 Å². The molecule has 3 heteroatoms. The molecule has 1 unspecified atom stereocenters. The molecule has 1 saturated carbocycles. The van der Waals surface area contributed by atoms with Gasteiger partial charge in [-0.05, 0) is 0 Å². The standard InChI is InChI=1S/C21H32O2Se/c1-4-5-11-17(2)21(20(22)23-3)15-10-9-12-18(21)16-24-19-13-7-6-8-14-19/h6-8,13-14,17-18H,4-5,9-12,15-16H2,1-3H3/t17?,18-,21+/m1/s1. The van der Waals surface area contributed by atoms with E-state index in [9.17, 15) is 4.79 Å². The second-order valence-electron chi connectivity index (χ2n) is 7.14. The van der Waals surface area contributed by atoms with E-state index < -0.39 is 0 Å². The van der Waals surface area contributed by atoms with Crippen molar-refractivity contribution in [3.63, 3.8) is 0 Å². The van der Waals surface area contributed by atoms with Crippen molar-refractivity contribution < 1.29 is 9.53 Å². The minimum atomic E-state index is -0.251. The molecule has 134 valence electrons. The average molecular weight is 395 g/mol. The van der Waals surface area contributed by atoms with E-state index in [0.29, 0.717) is 26.8 Å². The van der Waals surface area contributed by atoms with E-state index in [4.69, 9.17) is 4.74 Å². The normalized spacial score (nSPS) is 25.2. The number of methoxy groups -OCH3 is 1. The number of hydrogen-bond donors (Lipinski definition) is 0. The summed E-state index contributed by atoms with van der Waals surface area (Å²) in [5.41, 5.74) is -0.251. The Hall–Kier alpha value is -0.791. The molecule has 0 aromatic heterocycles. The van der Waals surface area contributed by atoms with E-state index in [1.54, 1.807) is 7.11 Å². The number of carbonyl (C=O) groups is 1. The van der Waals surface area contributed by atoms with Crippen molar-refractivity contribution in [3.05, 3.63) is 30.3 Å². The van der Waals surface area contributed by atoms with Crippen LogP contribution < -0.4 is 4.46 Å². The molecule has 3 atom stereocenters. The molecule has 2 rings (SSSR count). The van der Waals surface area contributed by atoms with Crippen LogP contribution in [0.15, 0.2) is 30.3 Å². The van der Waals surface area contributed by atoms with Crippen LogP contribution in [0.2, 0.25) is 5.32 Å². The Morgan fingerprint density at radius 3 is 2.75 bits per heavy atom. The first-order chi connectivity index (χ1) is 11.6. The Morgan fingerprint density at radius 2 is 2.08 bits per heavy atom. The average Bonchev–Trinajstić information content (AvgIpc) is 2.64. The number of benzene rings is 1. The Morgan fingerprint density at radius 1 is 1.33 bits per heavy atom. The molecule has 0 bridgehead atoms. The quantitative estimate of drug-likeness (QED) is 0.475. The Bertz CT molecular complexity index is 502. The molecule has 1 fully saturated rings. The van der Waals surface area contributed by atoms with Gasteiger partial charge in [0.15, 0.2) is 0 Å². The zero-order valence-corrected chi connectivity index (χ0v) is 17.1. The second kappa shape index (κ2) is 9.63. The fourth-order valence-corrected chi connectivity index (χ4v) is 6.83. The van der Waals surface area contributed by atoms with E-state index in [2.05, 4.69) is 44.2 Å². The van der Waals surface area contributed by atoms with Crippen LogP contribution in [0.1, 0.15) is 58.8 Å². The van der Waals surface area contributed by atoms with Gasteiger partial charge in [0.25, 0.3) is 0 Å². The molecule has 1 aromatic rings. The van der Waals surface area contributed by atoms with Gasteiger partial charge in [-0.15, -0.1) is 0 Å². The molecule has 0 heterocycles. The third kappa shape index (κ3) is 4.43.